The topological polar surface area (TPSA) is 33.1 Å². The van der Waals surface area contributed by atoms with E-state index in [9.17, 15) is 5.11 Å². The summed E-state index contributed by atoms with van der Waals surface area (Å²) in [4.78, 5) is 4.30. The minimum Gasteiger partial charge on any atom is -0.382 e. The van der Waals surface area contributed by atoms with Gasteiger partial charge in [-0.15, -0.1) is 0 Å². The number of aliphatic hydroxyl groups excluding tert-OH is 1. The molecule has 2 aromatic rings. The van der Waals surface area contributed by atoms with Crippen LogP contribution >= 0.6 is 31.9 Å². The molecule has 100 valence electrons. The maximum Gasteiger partial charge on any atom is 0.122 e. The molecule has 0 saturated heterocycles. The number of hydrogen-bond donors (Lipinski definition) is 1. The van der Waals surface area contributed by atoms with Crippen molar-refractivity contribution in [1.82, 2.24) is 4.98 Å². The van der Waals surface area contributed by atoms with Crippen LogP contribution in [-0.4, -0.2) is 10.1 Å². The predicted octanol–water partition coefficient (Wildman–Crippen LogP) is 4.61. The van der Waals surface area contributed by atoms with Crippen molar-refractivity contribution in [2.45, 2.75) is 26.9 Å². The van der Waals surface area contributed by atoms with Crippen molar-refractivity contribution >= 4 is 31.9 Å². The van der Waals surface area contributed by atoms with Gasteiger partial charge in [0.25, 0.3) is 0 Å². The van der Waals surface area contributed by atoms with Crippen molar-refractivity contribution in [2.24, 2.45) is 0 Å². The van der Waals surface area contributed by atoms with Gasteiger partial charge in [0.1, 0.15) is 6.10 Å². The number of aliphatic hydroxyl groups is 1. The summed E-state index contributed by atoms with van der Waals surface area (Å²) in [6.07, 6.45) is 0.974. The molecule has 2 rings (SSSR count). The van der Waals surface area contributed by atoms with Gasteiger partial charge in [-0.2, -0.15) is 0 Å². The first-order valence-electron chi connectivity index (χ1n) is 5.97. The number of nitrogens with zero attached hydrogens (tertiary/aromatic N) is 1. The Labute approximate surface area is 130 Å². The summed E-state index contributed by atoms with van der Waals surface area (Å²) in [7, 11) is 0. The smallest absolute Gasteiger partial charge is 0.122 e. The van der Waals surface area contributed by atoms with Crippen LogP contribution in [0, 0.1) is 20.8 Å². The first kappa shape index (κ1) is 14.7. The lowest BCUT2D eigenvalue weighted by Crippen LogP contribution is -2.06. The second-order valence-corrected chi connectivity index (χ2v) is 6.49. The maximum atomic E-state index is 10.6. The van der Waals surface area contributed by atoms with Crippen molar-refractivity contribution < 1.29 is 5.11 Å². The molecule has 1 N–H and O–H groups in total. The molecule has 0 bridgehead atoms. The van der Waals surface area contributed by atoms with Crippen molar-refractivity contribution in [3.63, 3.8) is 0 Å². The van der Waals surface area contributed by atoms with E-state index in [-0.39, 0.29) is 0 Å². The van der Waals surface area contributed by atoms with Crippen LogP contribution in [0.1, 0.15) is 34.1 Å². The van der Waals surface area contributed by atoms with Gasteiger partial charge in [-0.1, -0.05) is 12.1 Å². The molecule has 1 unspecified atom stereocenters. The van der Waals surface area contributed by atoms with E-state index in [0.29, 0.717) is 5.69 Å². The number of aryl methyl sites for hydroxylation is 3. The summed E-state index contributed by atoms with van der Waals surface area (Å²) in [5, 5.41) is 10.6. The minimum absolute atomic E-state index is 0.634. The van der Waals surface area contributed by atoms with Gasteiger partial charge in [-0.05, 0) is 81.0 Å². The van der Waals surface area contributed by atoms with Crippen LogP contribution in [0.2, 0.25) is 0 Å². The molecular formula is C15H15Br2NO. The van der Waals surface area contributed by atoms with E-state index >= 15 is 0 Å². The molecule has 2 nitrogen and oxygen atoms in total. The van der Waals surface area contributed by atoms with E-state index < -0.39 is 6.10 Å². The summed E-state index contributed by atoms with van der Waals surface area (Å²) < 4.78 is 1.68. The number of hydrogen-bond acceptors (Lipinski definition) is 2. The Hall–Kier alpha value is -0.710. The fraction of sp³-hybridized carbons (Fsp3) is 0.267. The number of benzene rings is 1. The van der Waals surface area contributed by atoms with Gasteiger partial charge in [-0.3, -0.25) is 4.98 Å². The fourth-order valence-electron chi connectivity index (χ4n) is 2.05. The molecule has 0 saturated carbocycles. The molecule has 0 aliphatic rings. The van der Waals surface area contributed by atoms with Gasteiger partial charge in [0.2, 0.25) is 0 Å². The Morgan fingerprint density at radius 1 is 1.00 bits per heavy atom. The highest BCUT2D eigenvalue weighted by molar-refractivity contribution is 9.11. The first-order valence-corrected chi connectivity index (χ1v) is 7.55. The van der Waals surface area contributed by atoms with Gasteiger partial charge in [0.15, 0.2) is 0 Å². The van der Waals surface area contributed by atoms with Gasteiger partial charge in [-0.25, -0.2) is 0 Å². The van der Waals surface area contributed by atoms with Crippen LogP contribution in [0.25, 0.3) is 0 Å². The zero-order valence-corrected chi connectivity index (χ0v) is 14.2. The molecular weight excluding hydrogens is 370 g/mol. The Bertz CT molecular complexity index is 626. The highest BCUT2D eigenvalue weighted by atomic mass is 79.9. The van der Waals surface area contributed by atoms with E-state index in [4.69, 9.17) is 0 Å². The fourth-order valence-corrected chi connectivity index (χ4v) is 3.26. The lowest BCUT2D eigenvalue weighted by molar-refractivity contribution is 0.213. The van der Waals surface area contributed by atoms with Crippen molar-refractivity contribution in [3.8, 4) is 0 Å². The van der Waals surface area contributed by atoms with E-state index in [0.717, 1.165) is 20.1 Å². The van der Waals surface area contributed by atoms with Crippen molar-refractivity contribution in [3.05, 3.63) is 61.3 Å². The molecule has 0 amide bonds. The van der Waals surface area contributed by atoms with E-state index in [2.05, 4.69) is 56.8 Å². The molecule has 0 spiro atoms. The number of aromatic nitrogens is 1. The molecule has 0 aliphatic heterocycles. The summed E-state index contributed by atoms with van der Waals surface area (Å²) in [5.41, 5.74) is 5.02. The molecule has 19 heavy (non-hydrogen) atoms. The third-order valence-electron chi connectivity index (χ3n) is 3.27. The average molecular weight is 385 g/mol. The Kier molecular flexibility index (Phi) is 4.43. The SMILES string of the molecule is Cc1cc(C)c(C(O)c2ncc(Br)cc2Br)cc1C. The number of halogens is 2. The number of pyridine rings is 1. The van der Waals surface area contributed by atoms with Crippen LogP contribution in [-0.2, 0) is 0 Å². The molecule has 1 atom stereocenters. The average Bonchev–Trinajstić information content (AvgIpc) is 2.33. The lowest BCUT2D eigenvalue weighted by Gasteiger charge is -2.16. The summed E-state index contributed by atoms with van der Waals surface area (Å²) in [5.74, 6) is 0. The quantitative estimate of drug-likeness (QED) is 0.819. The van der Waals surface area contributed by atoms with Crippen LogP contribution in [0.4, 0.5) is 0 Å². The minimum atomic E-state index is -0.721. The first-order chi connectivity index (χ1) is 8.90. The number of rotatable bonds is 2. The molecule has 4 heteroatoms. The lowest BCUT2D eigenvalue weighted by atomic mass is 9.95. The maximum absolute atomic E-state index is 10.6. The third-order valence-corrected chi connectivity index (χ3v) is 4.34. The van der Waals surface area contributed by atoms with Gasteiger partial charge in [0, 0.05) is 15.1 Å². The third kappa shape index (κ3) is 3.07. The highest BCUT2D eigenvalue weighted by Crippen LogP contribution is 2.31. The molecule has 0 aliphatic carbocycles. The standard InChI is InChI=1S/C15H15Br2NO/c1-8-4-10(3)12(5-9(8)2)15(19)14-13(17)6-11(16)7-18-14/h4-7,15,19H,1-3H3. The predicted molar refractivity (Wildman–Crippen MR) is 84.4 cm³/mol. The highest BCUT2D eigenvalue weighted by Gasteiger charge is 2.18. The normalized spacial score (nSPS) is 12.5. The second kappa shape index (κ2) is 5.73. The van der Waals surface area contributed by atoms with Crippen LogP contribution in [0.15, 0.2) is 33.3 Å². The Balaban J connectivity index is 2.49. The van der Waals surface area contributed by atoms with Gasteiger partial charge >= 0.3 is 0 Å². The van der Waals surface area contributed by atoms with Crippen LogP contribution in [0.5, 0.6) is 0 Å². The van der Waals surface area contributed by atoms with Crippen molar-refractivity contribution in [2.75, 3.05) is 0 Å². The van der Waals surface area contributed by atoms with Crippen LogP contribution in [0.3, 0.4) is 0 Å². The molecule has 0 radical (unpaired) electrons. The van der Waals surface area contributed by atoms with E-state index in [1.54, 1.807) is 6.20 Å². The molecule has 0 fully saturated rings. The second-order valence-electron chi connectivity index (χ2n) is 4.72. The zero-order valence-electron chi connectivity index (χ0n) is 11.0. The van der Waals surface area contributed by atoms with Gasteiger partial charge in [0.05, 0.1) is 5.69 Å². The Morgan fingerprint density at radius 3 is 2.26 bits per heavy atom. The summed E-state index contributed by atoms with van der Waals surface area (Å²) >= 11 is 6.81. The van der Waals surface area contributed by atoms with E-state index in [1.165, 1.54) is 11.1 Å². The summed E-state index contributed by atoms with van der Waals surface area (Å²) in [6, 6.07) is 6.02. The van der Waals surface area contributed by atoms with Gasteiger partial charge < -0.3 is 5.11 Å². The molecule has 1 aromatic carbocycles. The van der Waals surface area contributed by atoms with Crippen molar-refractivity contribution in [1.29, 1.82) is 0 Å². The monoisotopic (exact) mass is 383 g/mol. The van der Waals surface area contributed by atoms with Crippen LogP contribution < -0.4 is 0 Å². The largest absolute Gasteiger partial charge is 0.382 e. The molecule has 1 aromatic heterocycles. The Morgan fingerprint density at radius 2 is 1.63 bits per heavy atom. The van der Waals surface area contributed by atoms with E-state index in [1.807, 2.05) is 19.1 Å². The summed E-state index contributed by atoms with van der Waals surface area (Å²) in [6.45, 7) is 6.14. The zero-order chi connectivity index (χ0) is 14.2. The molecule has 1 heterocycles.